The number of carbonyl (C=O) groups is 3. The third-order valence-electron chi connectivity index (χ3n) is 9.98. The number of aliphatic hydroxyl groups excluding tert-OH is 2. The van der Waals surface area contributed by atoms with E-state index in [4.69, 9.17) is 4.74 Å². The largest absolute Gasteiger partial charge is 0.450 e. The molecule has 0 amide bonds. The van der Waals surface area contributed by atoms with Gasteiger partial charge in [0.25, 0.3) is 0 Å². The maximum Gasteiger partial charge on any atom is 0.306 e. The number of hydrogen-bond donors (Lipinski definition) is 3. The van der Waals surface area contributed by atoms with Crippen molar-refractivity contribution < 1.29 is 33.7 Å². The third-order valence-corrected chi connectivity index (χ3v) is 10.2. The Morgan fingerprint density at radius 1 is 1.28 bits per heavy atom. The van der Waals surface area contributed by atoms with Gasteiger partial charge in [0.2, 0.25) is 5.78 Å². The first-order valence-electron chi connectivity index (χ1n) is 13.1. The van der Waals surface area contributed by atoms with Crippen LogP contribution in [-0.2, 0) is 19.1 Å². The fraction of sp³-hybridized carbons (Fsp3) is 0.750. The summed E-state index contributed by atoms with van der Waals surface area (Å²) in [6.07, 6.45) is 4.85. The first-order chi connectivity index (χ1) is 16.6. The van der Waals surface area contributed by atoms with E-state index in [0.29, 0.717) is 31.3 Å². The van der Waals surface area contributed by atoms with Crippen molar-refractivity contribution in [3.05, 3.63) is 23.8 Å². The number of aliphatic hydroxyl groups is 2. The molecule has 0 bridgehead atoms. The molecule has 0 aromatic carbocycles. The summed E-state index contributed by atoms with van der Waals surface area (Å²) >= 11 is 4.01. The van der Waals surface area contributed by atoms with Gasteiger partial charge in [0, 0.05) is 29.1 Å². The molecule has 8 heteroatoms. The Kier molecular flexibility index (Phi) is 6.92. The highest BCUT2D eigenvalue weighted by atomic mass is 32.1. The number of ketones is 2. The van der Waals surface area contributed by atoms with Gasteiger partial charge in [-0.2, -0.15) is 0 Å². The Labute approximate surface area is 218 Å². The Hall–Kier alpha value is -1.51. The lowest BCUT2D eigenvalue weighted by Crippen LogP contribution is -2.70. The topological polar surface area (TPSA) is 101 Å². The normalized spacial score (nSPS) is 44.4. The van der Waals surface area contributed by atoms with Crippen molar-refractivity contribution >= 4 is 30.2 Å². The smallest absolute Gasteiger partial charge is 0.306 e. The molecular formula is C28H39FO6S. The molecule has 200 valence electrons. The summed E-state index contributed by atoms with van der Waals surface area (Å²) in [6.45, 7) is 9.30. The summed E-state index contributed by atoms with van der Waals surface area (Å²) in [5.74, 6) is -2.71. The van der Waals surface area contributed by atoms with Gasteiger partial charge in [0.05, 0.1) is 6.10 Å². The molecule has 4 aliphatic carbocycles. The van der Waals surface area contributed by atoms with Crippen molar-refractivity contribution in [3.8, 4) is 0 Å². The molecule has 0 spiro atoms. The van der Waals surface area contributed by atoms with Crippen molar-refractivity contribution in [2.24, 2.45) is 34.5 Å². The SMILES string of the molecule is CC(C)CCC(=O)O[C@]1(C(=O)C(O)S)[C@H](C)C[C@H]2[C@@H]3CCC4=CC(=O)C=C[C@]4(C)[C@@]3(F)[C@@H](O)C[C@@]21C. The summed E-state index contributed by atoms with van der Waals surface area (Å²) in [6, 6.07) is 0. The fourth-order valence-electron chi connectivity index (χ4n) is 8.15. The van der Waals surface area contributed by atoms with E-state index in [-0.39, 0.29) is 30.5 Å². The van der Waals surface area contributed by atoms with Gasteiger partial charge >= 0.3 is 5.97 Å². The molecule has 4 aliphatic rings. The van der Waals surface area contributed by atoms with Crippen LogP contribution in [0.3, 0.4) is 0 Å². The molecule has 0 saturated heterocycles. The number of esters is 1. The highest BCUT2D eigenvalue weighted by Gasteiger charge is 2.77. The third kappa shape index (κ3) is 3.61. The average Bonchev–Trinajstić information content (AvgIpc) is 3.00. The maximum absolute atomic E-state index is 17.4. The summed E-state index contributed by atoms with van der Waals surface area (Å²) < 4.78 is 23.4. The number of hydrogen-bond acceptors (Lipinski definition) is 7. The zero-order chi connectivity index (χ0) is 26.8. The summed E-state index contributed by atoms with van der Waals surface area (Å²) in [5.41, 5.74) is -7.05. The van der Waals surface area contributed by atoms with Crippen LogP contribution in [0.1, 0.15) is 73.1 Å². The van der Waals surface area contributed by atoms with Crippen molar-refractivity contribution in [1.82, 2.24) is 0 Å². The number of Topliss-reactive ketones (excluding diaryl/α,β-unsaturated/α-hetero) is 1. The lowest BCUT2D eigenvalue weighted by molar-refractivity contribution is -0.229. The van der Waals surface area contributed by atoms with Crippen molar-refractivity contribution in [2.45, 2.75) is 96.0 Å². The van der Waals surface area contributed by atoms with E-state index in [2.05, 4.69) is 12.6 Å². The first-order valence-corrected chi connectivity index (χ1v) is 13.6. The van der Waals surface area contributed by atoms with Crippen molar-refractivity contribution in [3.63, 3.8) is 0 Å². The van der Waals surface area contributed by atoms with Crippen LogP contribution in [0.5, 0.6) is 0 Å². The minimum absolute atomic E-state index is 0.118. The predicted molar refractivity (Wildman–Crippen MR) is 136 cm³/mol. The van der Waals surface area contributed by atoms with Gasteiger partial charge in [0.15, 0.2) is 22.5 Å². The van der Waals surface area contributed by atoms with Gasteiger partial charge in [0.1, 0.15) is 0 Å². The first kappa shape index (κ1) is 27.5. The summed E-state index contributed by atoms with van der Waals surface area (Å²) in [5, 5.41) is 21.8. The number of ether oxygens (including phenoxy) is 1. The Morgan fingerprint density at radius 2 is 1.94 bits per heavy atom. The van der Waals surface area contributed by atoms with E-state index in [1.54, 1.807) is 26.8 Å². The Morgan fingerprint density at radius 3 is 2.56 bits per heavy atom. The highest BCUT2D eigenvalue weighted by Crippen LogP contribution is 2.71. The van der Waals surface area contributed by atoms with E-state index in [9.17, 15) is 24.6 Å². The summed E-state index contributed by atoms with van der Waals surface area (Å²) in [7, 11) is 0. The Bertz CT molecular complexity index is 1020. The second kappa shape index (κ2) is 9.05. The molecule has 0 heterocycles. The van der Waals surface area contributed by atoms with Gasteiger partial charge in [-0.3, -0.25) is 14.4 Å². The van der Waals surface area contributed by atoms with Gasteiger partial charge < -0.3 is 14.9 Å². The highest BCUT2D eigenvalue weighted by molar-refractivity contribution is 7.81. The van der Waals surface area contributed by atoms with Crippen LogP contribution in [0.4, 0.5) is 4.39 Å². The molecular weight excluding hydrogens is 483 g/mol. The lowest BCUT2D eigenvalue weighted by Gasteiger charge is -2.62. The number of rotatable bonds is 6. The molecule has 0 radical (unpaired) electrons. The number of carbonyl (C=O) groups excluding carboxylic acids is 3. The molecule has 0 aliphatic heterocycles. The predicted octanol–water partition coefficient (Wildman–Crippen LogP) is 4.14. The van der Waals surface area contributed by atoms with Crippen LogP contribution < -0.4 is 0 Å². The molecule has 4 rings (SSSR count). The Balaban J connectivity index is 1.80. The number of fused-ring (bicyclic) bond motifs is 5. The minimum atomic E-state index is -2.06. The summed E-state index contributed by atoms with van der Waals surface area (Å²) in [4.78, 5) is 38.7. The number of halogens is 1. The second-order valence-electron chi connectivity index (χ2n) is 12.3. The molecule has 6 nitrogen and oxygen atoms in total. The molecule has 9 atom stereocenters. The second-order valence-corrected chi connectivity index (χ2v) is 12.8. The van der Waals surface area contributed by atoms with Crippen LogP contribution in [0.2, 0.25) is 0 Å². The van der Waals surface area contributed by atoms with Gasteiger partial charge in [-0.25, -0.2) is 4.39 Å². The van der Waals surface area contributed by atoms with Crippen LogP contribution in [0, 0.1) is 34.5 Å². The lowest BCUT2D eigenvalue weighted by atomic mass is 9.44. The number of thiol groups is 1. The van der Waals surface area contributed by atoms with Gasteiger partial charge in [-0.15, -0.1) is 12.6 Å². The van der Waals surface area contributed by atoms with Gasteiger partial charge in [-0.05, 0) is 63.0 Å². The van der Waals surface area contributed by atoms with Gasteiger partial charge in [-0.1, -0.05) is 39.3 Å². The minimum Gasteiger partial charge on any atom is -0.450 e. The van der Waals surface area contributed by atoms with Crippen LogP contribution in [0.15, 0.2) is 23.8 Å². The van der Waals surface area contributed by atoms with E-state index in [1.165, 1.54) is 12.2 Å². The zero-order valence-electron chi connectivity index (χ0n) is 21.8. The average molecular weight is 523 g/mol. The fourth-order valence-corrected chi connectivity index (χ4v) is 8.34. The molecule has 0 aromatic heterocycles. The van der Waals surface area contributed by atoms with Crippen LogP contribution in [-0.4, -0.2) is 50.6 Å². The zero-order valence-corrected chi connectivity index (χ0v) is 22.7. The van der Waals surface area contributed by atoms with E-state index < -0.39 is 57.2 Å². The molecule has 3 saturated carbocycles. The van der Waals surface area contributed by atoms with Crippen molar-refractivity contribution in [2.75, 3.05) is 0 Å². The van der Waals surface area contributed by atoms with E-state index in [0.717, 1.165) is 0 Å². The maximum atomic E-state index is 17.4. The number of allylic oxidation sites excluding steroid dienone is 4. The monoisotopic (exact) mass is 522 g/mol. The molecule has 2 N–H and O–H groups in total. The van der Waals surface area contributed by atoms with Crippen LogP contribution >= 0.6 is 12.6 Å². The molecule has 36 heavy (non-hydrogen) atoms. The standard InChI is InChI=1S/C28H39FO6S/c1-15(2)6-9-22(32)35-28(23(33)24(34)36)16(3)12-20-19-8-7-17-13-18(30)10-11-25(17,4)27(19,29)21(31)14-26(20,28)5/h10-11,13,15-16,19-21,24,31,34,36H,6-9,12,14H2,1-5H3/t16-,19+,20+,21+,24?,25+,26+,27+,28+/m1/s1. The van der Waals surface area contributed by atoms with Crippen LogP contribution in [0.25, 0.3) is 0 Å². The molecule has 0 aromatic rings. The number of alkyl halides is 1. The van der Waals surface area contributed by atoms with E-state index in [1.807, 2.05) is 13.8 Å². The van der Waals surface area contributed by atoms with E-state index >= 15 is 4.39 Å². The quantitative estimate of drug-likeness (QED) is 0.275. The van der Waals surface area contributed by atoms with Crippen molar-refractivity contribution in [1.29, 1.82) is 0 Å². The molecule has 3 fully saturated rings. The molecule has 1 unspecified atom stereocenters.